The van der Waals surface area contributed by atoms with Crippen LogP contribution in [0, 0.1) is 0 Å². The zero-order valence-electron chi connectivity index (χ0n) is 10.3. The standard InChI is InChI=1S/C11H18BrN3S2/c1-7-11(17-5-4-16-7)9(13-2)10-8(12)6-14-15(10)3/h6-7,9,11,13H,4-5H2,1-3H3. The van der Waals surface area contributed by atoms with Crippen molar-refractivity contribution in [2.75, 3.05) is 18.6 Å². The summed E-state index contributed by atoms with van der Waals surface area (Å²) in [5, 5.41) is 9.06. The molecule has 1 aliphatic rings. The first-order valence-corrected chi connectivity index (χ1v) is 8.62. The fraction of sp³-hybridized carbons (Fsp3) is 0.727. The SMILES string of the molecule is CNC(c1c(Br)cnn1C)C1SCCSC1C. The molecular weight excluding hydrogens is 318 g/mol. The summed E-state index contributed by atoms with van der Waals surface area (Å²) in [6.07, 6.45) is 1.88. The lowest BCUT2D eigenvalue weighted by Crippen LogP contribution is -2.37. The van der Waals surface area contributed by atoms with Crippen LogP contribution in [0.25, 0.3) is 0 Å². The van der Waals surface area contributed by atoms with Gasteiger partial charge in [0.05, 0.1) is 22.4 Å². The number of hydrogen-bond acceptors (Lipinski definition) is 4. The highest BCUT2D eigenvalue weighted by Gasteiger charge is 2.33. The second-order valence-corrected chi connectivity index (χ2v) is 7.80. The van der Waals surface area contributed by atoms with E-state index in [-0.39, 0.29) is 0 Å². The van der Waals surface area contributed by atoms with Gasteiger partial charge in [-0.05, 0) is 23.0 Å². The zero-order chi connectivity index (χ0) is 12.4. The molecule has 0 bridgehead atoms. The summed E-state index contributed by atoms with van der Waals surface area (Å²) in [5.74, 6) is 2.51. The van der Waals surface area contributed by atoms with Crippen LogP contribution >= 0.6 is 39.5 Å². The number of halogens is 1. The van der Waals surface area contributed by atoms with Crippen molar-refractivity contribution < 1.29 is 0 Å². The number of aryl methyl sites for hydroxylation is 1. The smallest absolute Gasteiger partial charge is 0.0704 e. The molecule has 0 aliphatic carbocycles. The third kappa shape index (κ3) is 2.85. The molecule has 0 saturated carbocycles. The number of hydrogen-bond donors (Lipinski definition) is 1. The molecule has 0 aromatic carbocycles. The fourth-order valence-corrected chi connectivity index (χ4v) is 5.80. The molecular formula is C11H18BrN3S2. The van der Waals surface area contributed by atoms with Crippen LogP contribution in [0.2, 0.25) is 0 Å². The molecule has 0 spiro atoms. The number of nitrogens with zero attached hydrogens (tertiary/aromatic N) is 2. The van der Waals surface area contributed by atoms with Gasteiger partial charge < -0.3 is 5.32 Å². The van der Waals surface area contributed by atoms with Gasteiger partial charge in [-0.25, -0.2) is 0 Å². The van der Waals surface area contributed by atoms with Crippen LogP contribution in [-0.4, -0.2) is 38.8 Å². The van der Waals surface area contributed by atoms with E-state index in [0.717, 1.165) is 4.47 Å². The second kappa shape index (κ2) is 5.99. The van der Waals surface area contributed by atoms with E-state index in [0.29, 0.717) is 16.5 Å². The van der Waals surface area contributed by atoms with Crippen molar-refractivity contribution in [1.82, 2.24) is 15.1 Å². The number of thioether (sulfide) groups is 2. The summed E-state index contributed by atoms with van der Waals surface area (Å²) >= 11 is 7.75. The van der Waals surface area contributed by atoms with Crippen LogP contribution in [0.4, 0.5) is 0 Å². The first kappa shape index (κ1) is 13.8. The van der Waals surface area contributed by atoms with Gasteiger partial charge in [-0.2, -0.15) is 28.6 Å². The van der Waals surface area contributed by atoms with E-state index in [1.807, 2.05) is 25.0 Å². The molecule has 2 heterocycles. The Morgan fingerprint density at radius 1 is 1.53 bits per heavy atom. The van der Waals surface area contributed by atoms with Gasteiger partial charge in [0.1, 0.15) is 0 Å². The first-order valence-electron chi connectivity index (χ1n) is 5.73. The van der Waals surface area contributed by atoms with Crippen molar-refractivity contribution in [2.45, 2.75) is 23.5 Å². The minimum absolute atomic E-state index is 0.352. The molecule has 3 unspecified atom stereocenters. The summed E-state index contributed by atoms with van der Waals surface area (Å²) in [6, 6.07) is 0.352. The van der Waals surface area contributed by atoms with Crippen LogP contribution in [-0.2, 0) is 7.05 Å². The average molecular weight is 336 g/mol. The number of rotatable bonds is 3. The van der Waals surface area contributed by atoms with E-state index >= 15 is 0 Å². The van der Waals surface area contributed by atoms with Crippen molar-refractivity contribution in [3.8, 4) is 0 Å². The molecule has 6 heteroatoms. The van der Waals surface area contributed by atoms with E-state index in [4.69, 9.17) is 0 Å². The molecule has 0 amide bonds. The number of nitrogens with one attached hydrogen (secondary N) is 1. The maximum absolute atomic E-state index is 4.32. The summed E-state index contributed by atoms with van der Waals surface area (Å²) in [7, 11) is 4.05. The molecule has 3 atom stereocenters. The topological polar surface area (TPSA) is 29.9 Å². The van der Waals surface area contributed by atoms with Gasteiger partial charge in [-0.1, -0.05) is 6.92 Å². The molecule has 96 valence electrons. The Morgan fingerprint density at radius 3 is 2.76 bits per heavy atom. The highest BCUT2D eigenvalue weighted by atomic mass is 79.9. The van der Waals surface area contributed by atoms with Gasteiger partial charge in [-0.3, -0.25) is 4.68 Å². The van der Waals surface area contributed by atoms with Gasteiger partial charge in [-0.15, -0.1) is 0 Å². The van der Waals surface area contributed by atoms with Crippen LogP contribution in [0.15, 0.2) is 10.7 Å². The summed E-state index contributed by atoms with van der Waals surface area (Å²) in [5.41, 5.74) is 1.25. The van der Waals surface area contributed by atoms with Gasteiger partial charge in [0.15, 0.2) is 0 Å². The van der Waals surface area contributed by atoms with Crippen LogP contribution in [0.1, 0.15) is 18.7 Å². The third-order valence-electron chi connectivity index (χ3n) is 3.11. The minimum Gasteiger partial charge on any atom is -0.311 e. The molecule has 3 nitrogen and oxygen atoms in total. The van der Waals surface area contributed by atoms with E-state index in [1.54, 1.807) is 0 Å². The molecule has 1 aromatic heterocycles. The second-order valence-electron chi connectivity index (χ2n) is 4.18. The predicted octanol–water partition coefficient (Wildman–Crippen LogP) is 2.68. The highest BCUT2D eigenvalue weighted by Crippen LogP contribution is 2.39. The van der Waals surface area contributed by atoms with Crippen molar-refractivity contribution in [1.29, 1.82) is 0 Å². The molecule has 1 fully saturated rings. The molecule has 1 aromatic rings. The normalized spacial score (nSPS) is 27.1. The predicted molar refractivity (Wildman–Crippen MR) is 80.9 cm³/mol. The van der Waals surface area contributed by atoms with E-state index in [1.165, 1.54) is 17.2 Å². The molecule has 2 rings (SSSR count). The van der Waals surface area contributed by atoms with Crippen LogP contribution in [0.3, 0.4) is 0 Å². The summed E-state index contributed by atoms with van der Waals surface area (Å²) < 4.78 is 3.07. The van der Waals surface area contributed by atoms with E-state index in [9.17, 15) is 0 Å². The van der Waals surface area contributed by atoms with Crippen LogP contribution < -0.4 is 5.32 Å². The Morgan fingerprint density at radius 2 is 2.24 bits per heavy atom. The molecule has 1 aliphatic heterocycles. The monoisotopic (exact) mass is 335 g/mol. The van der Waals surface area contributed by atoms with Gasteiger partial charge in [0.25, 0.3) is 0 Å². The van der Waals surface area contributed by atoms with Crippen molar-refractivity contribution in [3.05, 3.63) is 16.4 Å². The van der Waals surface area contributed by atoms with Gasteiger partial charge in [0.2, 0.25) is 0 Å². The quantitative estimate of drug-likeness (QED) is 0.919. The number of aromatic nitrogens is 2. The summed E-state index contributed by atoms with van der Waals surface area (Å²) in [6.45, 7) is 2.33. The van der Waals surface area contributed by atoms with Crippen molar-refractivity contribution in [2.24, 2.45) is 7.05 Å². The average Bonchev–Trinajstić information content (AvgIpc) is 2.64. The Hall–Kier alpha value is 0.350. The Kier molecular flexibility index (Phi) is 4.86. The lowest BCUT2D eigenvalue weighted by molar-refractivity contribution is 0.514. The third-order valence-corrected chi connectivity index (χ3v) is 6.91. The highest BCUT2D eigenvalue weighted by molar-refractivity contribution is 9.10. The zero-order valence-corrected chi connectivity index (χ0v) is 13.5. The Balaban J connectivity index is 2.26. The maximum Gasteiger partial charge on any atom is 0.0704 e. The van der Waals surface area contributed by atoms with Gasteiger partial charge >= 0.3 is 0 Å². The minimum atomic E-state index is 0.352. The van der Waals surface area contributed by atoms with E-state index < -0.39 is 0 Å². The van der Waals surface area contributed by atoms with E-state index in [2.05, 4.69) is 56.8 Å². The first-order chi connectivity index (χ1) is 8.15. The molecule has 17 heavy (non-hydrogen) atoms. The summed E-state index contributed by atoms with van der Waals surface area (Å²) in [4.78, 5) is 0. The molecule has 1 saturated heterocycles. The Labute approximate surface area is 120 Å². The van der Waals surface area contributed by atoms with Crippen molar-refractivity contribution in [3.63, 3.8) is 0 Å². The lowest BCUT2D eigenvalue weighted by Gasteiger charge is -2.34. The lowest BCUT2D eigenvalue weighted by atomic mass is 10.1. The maximum atomic E-state index is 4.32. The van der Waals surface area contributed by atoms with Gasteiger partial charge in [0, 0.05) is 29.1 Å². The van der Waals surface area contributed by atoms with Crippen molar-refractivity contribution >= 4 is 39.5 Å². The Bertz CT molecular complexity index is 363. The molecule has 0 radical (unpaired) electrons. The fourth-order valence-electron chi connectivity index (χ4n) is 2.24. The van der Waals surface area contributed by atoms with Crippen LogP contribution in [0.5, 0.6) is 0 Å². The largest absolute Gasteiger partial charge is 0.311 e. The molecule has 1 N–H and O–H groups in total.